The summed E-state index contributed by atoms with van der Waals surface area (Å²) in [6, 6.07) is 0. The lowest BCUT2D eigenvalue weighted by atomic mass is 10.2. The summed E-state index contributed by atoms with van der Waals surface area (Å²) in [5.41, 5.74) is 0. The largest absolute Gasteiger partial charge is 0.624 e. The van der Waals surface area contributed by atoms with Crippen molar-refractivity contribution < 1.29 is 4.74 Å². The fraction of sp³-hybridized carbons (Fsp3) is 0.917. The van der Waals surface area contributed by atoms with Crippen molar-refractivity contribution in [2.75, 3.05) is 6.54 Å². The minimum absolute atomic E-state index is 0.687. The summed E-state index contributed by atoms with van der Waals surface area (Å²) < 4.78 is 1.12. The number of rotatable bonds is 9. The van der Waals surface area contributed by atoms with Gasteiger partial charge < -0.3 is 5.21 Å². The predicted octanol–water partition coefficient (Wildman–Crippen LogP) is 3.73. The molecule has 0 aromatic carbocycles. The Morgan fingerprint density at radius 1 is 0.929 bits per heavy atom. The molecule has 0 N–H and O–H groups in total. The first kappa shape index (κ1) is 13.5. The van der Waals surface area contributed by atoms with Crippen LogP contribution in [0, 0.1) is 5.21 Å². The van der Waals surface area contributed by atoms with E-state index in [-0.39, 0.29) is 0 Å². The first-order chi connectivity index (χ1) is 6.81. The van der Waals surface area contributed by atoms with E-state index < -0.39 is 0 Å². The van der Waals surface area contributed by atoms with E-state index >= 15 is 0 Å². The van der Waals surface area contributed by atoms with Crippen LogP contribution in [0.3, 0.4) is 0 Å². The molecule has 0 heterocycles. The third kappa shape index (κ3) is 9.56. The van der Waals surface area contributed by atoms with E-state index in [0.29, 0.717) is 6.54 Å². The number of unbranched alkanes of at least 4 members (excludes halogenated alkanes) is 6. The van der Waals surface area contributed by atoms with Crippen LogP contribution in [0.2, 0.25) is 0 Å². The smallest absolute Gasteiger partial charge is 0.153 e. The molecule has 0 radical (unpaired) electrons. The summed E-state index contributed by atoms with van der Waals surface area (Å²) in [6.45, 7) is 5.05. The third-order valence-electron chi connectivity index (χ3n) is 2.37. The van der Waals surface area contributed by atoms with Crippen molar-refractivity contribution >= 4 is 6.21 Å². The molecule has 14 heavy (non-hydrogen) atoms. The maximum Gasteiger partial charge on any atom is 0.153 e. The minimum atomic E-state index is 0.687. The summed E-state index contributed by atoms with van der Waals surface area (Å²) in [4.78, 5) is 0. The Morgan fingerprint density at radius 2 is 1.57 bits per heavy atom. The lowest BCUT2D eigenvalue weighted by Gasteiger charge is -2.03. The van der Waals surface area contributed by atoms with Crippen LogP contribution in [0.5, 0.6) is 0 Å². The van der Waals surface area contributed by atoms with Gasteiger partial charge in [0.1, 0.15) is 0 Å². The van der Waals surface area contributed by atoms with Crippen molar-refractivity contribution in [3.8, 4) is 0 Å². The van der Waals surface area contributed by atoms with Crippen LogP contribution >= 0.6 is 0 Å². The highest BCUT2D eigenvalue weighted by atomic mass is 16.5. The number of hydrogen-bond acceptors (Lipinski definition) is 1. The molecule has 0 unspecified atom stereocenters. The summed E-state index contributed by atoms with van der Waals surface area (Å²) in [5, 5.41) is 11.2. The molecule has 0 amide bonds. The van der Waals surface area contributed by atoms with Crippen molar-refractivity contribution in [2.24, 2.45) is 0 Å². The second kappa shape index (κ2) is 10.6. The van der Waals surface area contributed by atoms with E-state index in [1.165, 1.54) is 32.1 Å². The standard InChI is InChI=1S/C12H25NO/c1-3-5-7-9-11-13(14)12-10-8-6-4-2/h11H,3-10,12H2,1-2H3. The Balaban J connectivity index is 3.28. The number of hydrogen-bond donors (Lipinski definition) is 0. The minimum Gasteiger partial charge on any atom is -0.624 e. The van der Waals surface area contributed by atoms with Gasteiger partial charge in [0.2, 0.25) is 0 Å². The van der Waals surface area contributed by atoms with Gasteiger partial charge in [0.05, 0.1) is 0 Å². The van der Waals surface area contributed by atoms with Gasteiger partial charge in [-0.2, -0.15) is 0 Å². The van der Waals surface area contributed by atoms with E-state index in [1.807, 2.05) is 6.21 Å². The second-order valence-electron chi connectivity index (χ2n) is 3.88. The average Bonchev–Trinajstić information content (AvgIpc) is 2.19. The molecule has 0 aromatic rings. The van der Waals surface area contributed by atoms with Gasteiger partial charge in [0, 0.05) is 12.8 Å². The number of nitrogens with zero attached hydrogens (tertiary/aromatic N) is 1. The van der Waals surface area contributed by atoms with E-state index in [9.17, 15) is 5.21 Å². The van der Waals surface area contributed by atoms with Crippen LogP contribution in [-0.2, 0) is 0 Å². The molecule has 0 atom stereocenters. The first-order valence-corrected chi connectivity index (χ1v) is 6.08. The first-order valence-electron chi connectivity index (χ1n) is 6.08. The van der Waals surface area contributed by atoms with Crippen LogP contribution in [0.25, 0.3) is 0 Å². The molecule has 0 bridgehead atoms. The van der Waals surface area contributed by atoms with Gasteiger partial charge in [-0.15, -0.1) is 0 Å². The van der Waals surface area contributed by atoms with Gasteiger partial charge in [-0.1, -0.05) is 39.5 Å². The normalized spacial score (nSPS) is 12.0. The maximum atomic E-state index is 11.2. The van der Waals surface area contributed by atoms with Crippen molar-refractivity contribution in [1.29, 1.82) is 0 Å². The fourth-order valence-corrected chi connectivity index (χ4v) is 1.42. The Morgan fingerprint density at radius 3 is 2.21 bits per heavy atom. The van der Waals surface area contributed by atoms with Crippen LogP contribution in [-0.4, -0.2) is 17.5 Å². The van der Waals surface area contributed by atoms with Crippen LogP contribution in [0.1, 0.15) is 65.2 Å². The summed E-state index contributed by atoms with van der Waals surface area (Å²) >= 11 is 0. The van der Waals surface area contributed by atoms with Gasteiger partial charge >= 0.3 is 0 Å². The molecule has 0 fully saturated rings. The van der Waals surface area contributed by atoms with Crippen LogP contribution in [0.4, 0.5) is 0 Å². The topological polar surface area (TPSA) is 26.1 Å². The van der Waals surface area contributed by atoms with E-state index in [1.54, 1.807) is 0 Å². The fourth-order valence-electron chi connectivity index (χ4n) is 1.42. The molecule has 0 spiro atoms. The molecule has 0 saturated carbocycles. The molecule has 2 nitrogen and oxygen atoms in total. The Kier molecular flexibility index (Phi) is 10.2. The summed E-state index contributed by atoms with van der Waals surface area (Å²) in [6.07, 6.45) is 11.1. The molecule has 0 aliphatic rings. The van der Waals surface area contributed by atoms with Gasteiger partial charge in [0.25, 0.3) is 0 Å². The van der Waals surface area contributed by atoms with Crippen LogP contribution < -0.4 is 0 Å². The molecular formula is C12H25NO. The van der Waals surface area contributed by atoms with Crippen molar-refractivity contribution in [3.05, 3.63) is 5.21 Å². The second-order valence-corrected chi connectivity index (χ2v) is 3.88. The zero-order valence-corrected chi connectivity index (χ0v) is 9.80. The highest BCUT2D eigenvalue weighted by Crippen LogP contribution is 1.99. The molecule has 0 saturated heterocycles. The zero-order chi connectivity index (χ0) is 10.6. The van der Waals surface area contributed by atoms with Crippen molar-refractivity contribution in [3.63, 3.8) is 0 Å². The van der Waals surface area contributed by atoms with Gasteiger partial charge in [-0.25, -0.2) is 4.74 Å². The molecule has 2 heteroatoms. The van der Waals surface area contributed by atoms with E-state index in [2.05, 4.69) is 13.8 Å². The van der Waals surface area contributed by atoms with Crippen molar-refractivity contribution in [1.82, 2.24) is 0 Å². The third-order valence-corrected chi connectivity index (χ3v) is 2.37. The lowest BCUT2D eigenvalue weighted by Crippen LogP contribution is -2.06. The quantitative estimate of drug-likeness (QED) is 0.183. The molecule has 0 aliphatic carbocycles. The van der Waals surface area contributed by atoms with E-state index in [0.717, 1.165) is 24.0 Å². The molecule has 0 aromatic heterocycles. The zero-order valence-electron chi connectivity index (χ0n) is 9.80. The molecule has 0 aliphatic heterocycles. The van der Waals surface area contributed by atoms with Gasteiger partial charge in [0.15, 0.2) is 12.8 Å². The average molecular weight is 199 g/mol. The van der Waals surface area contributed by atoms with E-state index in [4.69, 9.17) is 0 Å². The molecule has 84 valence electrons. The summed E-state index contributed by atoms with van der Waals surface area (Å²) in [5.74, 6) is 0. The van der Waals surface area contributed by atoms with Gasteiger partial charge in [-0.05, 0) is 12.8 Å². The Labute approximate surface area is 88.6 Å². The highest BCUT2D eigenvalue weighted by Gasteiger charge is 1.94. The Bertz CT molecular complexity index is 143. The number of hydroxylamine groups is 1. The van der Waals surface area contributed by atoms with Crippen molar-refractivity contribution in [2.45, 2.75) is 65.2 Å². The lowest BCUT2D eigenvalue weighted by molar-refractivity contribution is -0.454. The molecular weight excluding hydrogens is 174 g/mol. The SMILES string of the molecule is CCCCCC=[N+]([O-])CCCCCC. The monoisotopic (exact) mass is 199 g/mol. The molecule has 0 rings (SSSR count). The van der Waals surface area contributed by atoms with Crippen LogP contribution in [0.15, 0.2) is 0 Å². The summed E-state index contributed by atoms with van der Waals surface area (Å²) in [7, 11) is 0. The highest BCUT2D eigenvalue weighted by molar-refractivity contribution is 5.50. The predicted molar refractivity (Wildman–Crippen MR) is 62.8 cm³/mol. The maximum absolute atomic E-state index is 11.2. The van der Waals surface area contributed by atoms with Gasteiger partial charge in [-0.3, -0.25) is 0 Å². The Hall–Kier alpha value is -0.530.